The zero-order chi connectivity index (χ0) is 37.6. The second-order valence-corrected chi connectivity index (χ2v) is 16.0. The van der Waals surface area contributed by atoms with Gasteiger partial charge >= 0.3 is 12.2 Å². The zero-order valence-corrected chi connectivity index (χ0v) is 30.0. The molecule has 5 aliphatic rings. The summed E-state index contributed by atoms with van der Waals surface area (Å²) in [4.78, 5) is 27.7. The van der Waals surface area contributed by atoms with Crippen molar-refractivity contribution in [3.05, 3.63) is 48.2 Å². The van der Waals surface area contributed by atoms with Gasteiger partial charge in [-0.25, -0.2) is 8.78 Å². The molecule has 2 aromatic carbocycles. The predicted molar refractivity (Wildman–Crippen MR) is 192 cm³/mol. The lowest BCUT2D eigenvalue weighted by Gasteiger charge is -2.54. The number of ether oxygens (including phenoxy) is 2. The van der Waals surface area contributed by atoms with Gasteiger partial charge in [0.1, 0.15) is 17.4 Å². The number of carbonyl (C=O) groups is 1. The largest absolute Gasteiger partial charge is 0.481 e. The number of rotatable bonds is 9. The topological polar surface area (TPSA) is 99.7 Å². The van der Waals surface area contributed by atoms with E-state index < -0.39 is 18.7 Å². The van der Waals surface area contributed by atoms with E-state index in [2.05, 4.69) is 21.7 Å². The smallest absolute Gasteiger partial charge is 0.422 e. The van der Waals surface area contributed by atoms with Crippen molar-refractivity contribution in [3.63, 3.8) is 0 Å². The van der Waals surface area contributed by atoms with Gasteiger partial charge in [-0.1, -0.05) is 12.6 Å². The van der Waals surface area contributed by atoms with Gasteiger partial charge in [-0.05, 0) is 73.4 Å². The highest BCUT2D eigenvalue weighted by atomic mass is 19.4. The van der Waals surface area contributed by atoms with Crippen molar-refractivity contribution in [2.24, 2.45) is 5.41 Å². The standard InChI is InChI=1S/C39H42F5N7O3/c1-3-30(52)51-18-37(19-51)8-11-49(12-9-37)35-27-16-26(23-5-6-23)32(31-22(2)4-7-29-28(31)17-45-48-29)34(53-21-39(42,43)44)33(27)46-36(47-35)54-25-14-24(15-25)50-13-10-38(40,41)20-50/h3-4,7,16-17,23-25H,1,5-6,8-15,18-21H2,2H3,(H,45,48)/t24-,25-. The number of piperidine rings is 1. The average molecular weight is 752 g/mol. The number of hydrogen-bond donors (Lipinski definition) is 1. The Morgan fingerprint density at radius 2 is 1.80 bits per heavy atom. The van der Waals surface area contributed by atoms with Crippen molar-refractivity contribution in [3.8, 4) is 22.9 Å². The van der Waals surface area contributed by atoms with Gasteiger partial charge < -0.3 is 19.3 Å². The molecule has 2 aliphatic carbocycles. The Morgan fingerprint density at radius 3 is 2.46 bits per heavy atom. The number of likely N-dealkylation sites (tertiary alicyclic amines) is 2. The van der Waals surface area contributed by atoms with Crippen LogP contribution in [-0.4, -0.2) is 106 Å². The van der Waals surface area contributed by atoms with Gasteiger partial charge in [0.25, 0.3) is 5.92 Å². The van der Waals surface area contributed by atoms with E-state index in [-0.39, 0.29) is 59.6 Å². The van der Waals surface area contributed by atoms with Crippen LogP contribution in [0.2, 0.25) is 0 Å². The molecule has 9 rings (SSSR count). The molecule has 286 valence electrons. The molecule has 5 heterocycles. The number of carbonyl (C=O) groups excluding carboxylic acids is 1. The third-order valence-electron chi connectivity index (χ3n) is 12.1. The summed E-state index contributed by atoms with van der Waals surface area (Å²) in [6, 6.07) is 5.81. The molecular formula is C39H42F5N7O3. The molecule has 0 bridgehead atoms. The Balaban J connectivity index is 1.14. The number of alkyl halides is 5. The number of aromatic amines is 1. The number of aryl methyl sites for hydroxylation is 1. The zero-order valence-electron chi connectivity index (χ0n) is 30.0. The Hall–Kier alpha value is -4.53. The summed E-state index contributed by atoms with van der Waals surface area (Å²) >= 11 is 0. The van der Waals surface area contributed by atoms with E-state index in [1.165, 1.54) is 6.08 Å². The van der Waals surface area contributed by atoms with Crippen LogP contribution < -0.4 is 14.4 Å². The minimum Gasteiger partial charge on any atom is -0.481 e. The summed E-state index contributed by atoms with van der Waals surface area (Å²) in [7, 11) is 0. The number of H-pyrrole nitrogens is 1. The van der Waals surface area contributed by atoms with Crippen molar-refractivity contribution >= 4 is 33.5 Å². The van der Waals surface area contributed by atoms with Gasteiger partial charge in [0.05, 0.1) is 18.3 Å². The number of anilines is 1. The van der Waals surface area contributed by atoms with Gasteiger partial charge in [0, 0.05) is 79.8 Å². The number of amides is 1. The first-order valence-corrected chi connectivity index (χ1v) is 18.7. The normalized spacial score (nSPS) is 23.8. The highest BCUT2D eigenvalue weighted by Crippen LogP contribution is 2.53. The van der Waals surface area contributed by atoms with Crippen LogP contribution in [0, 0.1) is 12.3 Å². The summed E-state index contributed by atoms with van der Waals surface area (Å²) in [6.45, 7) is 6.60. The third kappa shape index (κ3) is 6.41. The maximum absolute atomic E-state index is 14.0. The van der Waals surface area contributed by atoms with E-state index in [1.54, 1.807) is 16.0 Å². The Labute approximate surface area is 308 Å². The number of hydrogen-bond acceptors (Lipinski definition) is 8. The maximum Gasteiger partial charge on any atom is 0.422 e. The first-order valence-electron chi connectivity index (χ1n) is 18.7. The Morgan fingerprint density at radius 1 is 1.04 bits per heavy atom. The lowest BCUT2D eigenvalue weighted by atomic mass is 9.72. The van der Waals surface area contributed by atoms with E-state index in [9.17, 15) is 26.7 Å². The van der Waals surface area contributed by atoms with Crippen LogP contribution in [0.25, 0.3) is 32.9 Å². The van der Waals surface area contributed by atoms with E-state index in [1.807, 2.05) is 25.1 Å². The molecule has 2 aromatic heterocycles. The van der Waals surface area contributed by atoms with Crippen LogP contribution in [-0.2, 0) is 4.79 Å². The fourth-order valence-electron chi connectivity index (χ4n) is 8.95. The molecule has 0 radical (unpaired) electrons. The summed E-state index contributed by atoms with van der Waals surface area (Å²) in [5.74, 6) is -2.09. The van der Waals surface area contributed by atoms with Crippen molar-refractivity contribution in [2.75, 3.05) is 50.8 Å². The van der Waals surface area contributed by atoms with Crippen LogP contribution in [0.3, 0.4) is 0 Å². The van der Waals surface area contributed by atoms with Gasteiger partial charge in [-0.2, -0.15) is 28.2 Å². The molecule has 54 heavy (non-hydrogen) atoms. The van der Waals surface area contributed by atoms with Gasteiger partial charge in [-0.3, -0.25) is 14.8 Å². The molecule has 0 atom stereocenters. The number of nitrogens with one attached hydrogen (secondary N) is 1. The molecule has 1 N–H and O–H groups in total. The molecule has 0 unspecified atom stereocenters. The fraction of sp³-hybridized carbons (Fsp3) is 0.538. The molecule has 3 aliphatic heterocycles. The molecule has 1 spiro atoms. The van der Waals surface area contributed by atoms with Gasteiger partial charge in [0.2, 0.25) is 5.91 Å². The van der Waals surface area contributed by atoms with E-state index in [0.29, 0.717) is 62.3 Å². The van der Waals surface area contributed by atoms with Crippen molar-refractivity contribution in [1.29, 1.82) is 0 Å². The highest BCUT2D eigenvalue weighted by Gasteiger charge is 2.48. The van der Waals surface area contributed by atoms with Gasteiger partial charge in [-0.15, -0.1) is 0 Å². The Kier molecular flexibility index (Phi) is 8.32. The number of halogens is 5. The first-order chi connectivity index (χ1) is 25.8. The van der Waals surface area contributed by atoms with Crippen LogP contribution >= 0.6 is 0 Å². The molecular weight excluding hydrogens is 709 g/mol. The lowest BCUT2D eigenvalue weighted by molar-refractivity contribution is -0.153. The predicted octanol–water partition coefficient (Wildman–Crippen LogP) is 7.17. The Bertz CT molecular complexity index is 2130. The van der Waals surface area contributed by atoms with E-state index >= 15 is 0 Å². The van der Waals surface area contributed by atoms with Crippen molar-refractivity contribution in [2.45, 2.75) is 82.0 Å². The van der Waals surface area contributed by atoms with Crippen LogP contribution in [0.1, 0.15) is 62.0 Å². The van der Waals surface area contributed by atoms with Crippen LogP contribution in [0.5, 0.6) is 11.8 Å². The lowest BCUT2D eigenvalue weighted by Crippen LogP contribution is -2.61. The molecule has 1 amide bonds. The first kappa shape index (κ1) is 35.2. The fourth-order valence-corrected chi connectivity index (χ4v) is 8.95. The minimum atomic E-state index is -4.62. The van der Waals surface area contributed by atoms with Crippen LogP contribution in [0.15, 0.2) is 37.1 Å². The second-order valence-electron chi connectivity index (χ2n) is 16.0. The third-order valence-corrected chi connectivity index (χ3v) is 12.1. The SMILES string of the molecule is C=CC(=O)N1CC2(CCN(c3nc(O[C@H]4C[C@H](N5CCC(F)(F)C5)C4)nc4c(OCC(F)(F)F)c(-c5c(C)ccc6[nH]ncc56)c(C5CC5)cc34)CC2)C1. The molecule has 4 aromatic rings. The quantitative estimate of drug-likeness (QED) is 0.142. The number of aromatic nitrogens is 4. The van der Waals surface area contributed by atoms with Crippen LogP contribution in [0.4, 0.5) is 27.8 Å². The van der Waals surface area contributed by atoms with E-state index in [0.717, 1.165) is 53.3 Å². The van der Waals surface area contributed by atoms with E-state index in [4.69, 9.17) is 19.4 Å². The second kappa shape index (κ2) is 12.8. The van der Waals surface area contributed by atoms with Gasteiger partial charge in [0.15, 0.2) is 12.4 Å². The molecule has 2 saturated carbocycles. The summed E-state index contributed by atoms with van der Waals surface area (Å²) < 4.78 is 82.3. The number of benzene rings is 2. The van der Waals surface area contributed by atoms with Crippen molar-refractivity contribution < 1.29 is 36.2 Å². The number of nitrogens with zero attached hydrogens (tertiary/aromatic N) is 6. The monoisotopic (exact) mass is 751 g/mol. The number of fused-ring (bicyclic) bond motifs is 2. The molecule has 3 saturated heterocycles. The average Bonchev–Trinajstić information content (AvgIpc) is 3.73. The molecule has 5 fully saturated rings. The summed E-state index contributed by atoms with van der Waals surface area (Å²) in [5, 5.41) is 8.59. The summed E-state index contributed by atoms with van der Waals surface area (Å²) in [5.41, 5.74) is 3.98. The molecule has 15 heteroatoms. The molecule has 10 nitrogen and oxygen atoms in total. The maximum atomic E-state index is 14.0. The highest BCUT2D eigenvalue weighted by molar-refractivity contribution is 6.06. The van der Waals surface area contributed by atoms with Crippen molar-refractivity contribution in [1.82, 2.24) is 30.0 Å². The minimum absolute atomic E-state index is 0.0135. The summed E-state index contributed by atoms with van der Waals surface area (Å²) in [6.07, 6.45) is 2.29.